The third kappa shape index (κ3) is 2.46. The van der Waals surface area contributed by atoms with Crippen molar-refractivity contribution < 1.29 is 9.84 Å². The molecule has 1 aliphatic carbocycles. The van der Waals surface area contributed by atoms with Gasteiger partial charge in [0, 0.05) is 0 Å². The van der Waals surface area contributed by atoms with Crippen LogP contribution >= 0.6 is 0 Å². The van der Waals surface area contributed by atoms with Crippen molar-refractivity contribution in [1.82, 2.24) is 0 Å². The van der Waals surface area contributed by atoms with Crippen LogP contribution in [0.1, 0.15) is 29.2 Å². The maximum Gasteiger partial charge on any atom is 0.120 e. The number of fused-ring (bicyclic) bond motifs is 2. The van der Waals surface area contributed by atoms with Crippen molar-refractivity contribution in [3.05, 3.63) is 77.4 Å². The van der Waals surface area contributed by atoms with Gasteiger partial charge in [0.1, 0.15) is 12.4 Å². The Morgan fingerprint density at radius 1 is 0.955 bits per heavy atom. The topological polar surface area (TPSA) is 29.5 Å². The second-order valence-corrected chi connectivity index (χ2v) is 5.89. The van der Waals surface area contributed by atoms with Crippen LogP contribution < -0.4 is 4.74 Å². The number of aliphatic hydroxyl groups is 1. The van der Waals surface area contributed by atoms with Crippen LogP contribution in [-0.4, -0.2) is 5.11 Å². The van der Waals surface area contributed by atoms with Gasteiger partial charge in [0.2, 0.25) is 0 Å². The standard InChI is InChI=1S/C20H18O2/c21-20-10-8-16-7-9-18(12-19(16)20)22-13-14-5-6-15-3-1-2-4-17(15)11-14/h1-7,9,11-12,20-21H,8,10,13H2/t20-/m0/s1. The van der Waals surface area contributed by atoms with Crippen molar-refractivity contribution in [2.75, 3.05) is 0 Å². The lowest BCUT2D eigenvalue weighted by molar-refractivity contribution is 0.179. The first-order chi connectivity index (χ1) is 10.8. The van der Waals surface area contributed by atoms with Crippen LogP contribution in [-0.2, 0) is 13.0 Å². The first kappa shape index (κ1) is 13.4. The van der Waals surface area contributed by atoms with E-state index >= 15 is 0 Å². The minimum atomic E-state index is -0.334. The van der Waals surface area contributed by atoms with Gasteiger partial charge in [-0.25, -0.2) is 0 Å². The second-order valence-electron chi connectivity index (χ2n) is 5.89. The zero-order chi connectivity index (χ0) is 14.9. The SMILES string of the molecule is O[C@H]1CCc2ccc(OCc3ccc4ccccc4c3)cc21. The molecule has 0 saturated heterocycles. The Morgan fingerprint density at radius 2 is 1.82 bits per heavy atom. The Hall–Kier alpha value is -2.32. The van der Waals surface area contributed by atoms with Gasteiger partial charge in [0.25, 0.3) is 0 Å². The number of rotatable bonds is 3. The summed E-state index contributed by atoms with van der Waals surface area (Å²) in [5, 5.41) is 12.4. The van der Waals surface area contributed by atoms with Crippen molar-refractivity contribution in [2.24, 2.45) is 0 Å². The third-order valence-corrected chi connectivity index (χ3v) is 4.38. The molecule has 0 radical (unpaired) electrons. The molecule has 2 nitrogen and oxygen atoms in total. The predicted molar refractivity (Wildman–Crippen MR) is 88.0 cm³/mol. The molecule has 0 amide bonds. The van der Waals surface area contributed by atoms with Crippen LogP contribution in [0.5, 0.6) is 5.75 Å². The van der Waals surface area contributed by atoms with Gasteiger partial charge in [-0.05, 0) is 58.5 Å². The number of hydrogen-bond donors (Lipinski definition) is 1. The van der Waals surface area contributed by atoms with Gasteiger partial charge in [-0.1, -0.05) is 42.5 Å². The monoisotopic (exact) mass is 290 g/mol. The Labute approximate surface area is 130 Å². The van der Waals surface area contributed by atoms with Gasteiger partial charge in [0.15, 0.2) is 0 Å². The summed E-state index contributed by atoms with van der Waals surface area (Å²) in [6.07, 6.45) is 1.45. The molecule has 4 rings (SSSR count). The largest absolute Gasteiger partial charge is 0.489 e. The molecule has 22 heavy (non-hydrogen) atoms. The maximum atomic E-state index is 9.95. The van der Waals surface area contributed by atoms with Gasteiger partial charge >= 0.3 is 0 Å². The Morgan fingerprint density at radius 3 is 2.73 bits per heavy atom. The Kier molecular flexibility index (Phi) is 3.32. The number of hydrogen-bond acceptors (Lipinski definition) is 2. The van der Waals surface area contributed by atoms with E-state index in [4.69, 9.17) is 4.74 Å². The number of aliphatic hydroxyl groups excluding tert-OH is 1. The van der Waals surface area contributed by atoms with E-state index < -0.39 is 0 Å². The van der Waals surface area contributed by atoms with Crippen LogP contribution in [0, 0.1) is 0 Å². The molecule has 3 aromatic carbocycles. The number of benzene rings is 3. The van der Waals surface area contributed by atoms with Crippen LogP contribution in [0.4, 0.5) is 0 Å². The normalized spacial score (nSPS) is 16.7. The smallest absolute Gasteiger partial charge is 0.120 e. The fourth-order valence-electron chi connectivity index (χ4n) is 3.14. The lowest BCUT2D eigenvalue weighted by Gasteiger charge is -2.10. The van der Waals surface area contributed by atoms with Gasteiger partial charge in [0.05, 0.1) is 6.10 Å². The van der Waals surface area contributed by atoms with E-state index in [2.05, 4.69) is 42.5 Å². The quantitative estimate of drug-likeness (QED) is 0.774. The Balaban J connectivity index is 1.53. The summed E-state index contributed by atoms with van der Waals surface area (Å²) >= 11 is 0. The molecular formula is C20H18O2. The fraction of sp³-hybridized carbons (Fsp3) is 0.200. The highest BCUT2D eigenvalue weighted by Crippen LogP contribution is 2.33. The van der Waals surface area contributed by atoms with E-state index in [0.717, 1.165) is 29.7 Å². The molecule has 1 atom stereocenters. The van der Waals surface area contributed by atoms with Crippen molar-refractivity contribution >= 4 is 10.8 Å². The predicted octanol–water partition coefficient (Wildman–Crippen LogP) is 4.40. The molecule has 0 fully saturated rings. The molecule has 2 heteroatoms. The van der Waals surface area contributed by atoms with Crippen LogP contribution in [0.15, 0.2) is 60.7 Å². The first-order valence-electron chi connectivity index (χ1n) is 7.71. The summed E-state index contributed by atoms with van der Waals surface area (Å²) in [6.45, 7) is 0.541. The van der Waals surface area contributed by atoms with E-state index in [-0.39, 0.29) is 6.10 Å². The van der Waals surface area contributed by atoms with E-state index in [1.165, 1.54) is 16.3 Å². The Bertz CT molecular complexity index is 823. The van der Waals surface area contributed by atoms with Crippen molar-refractivity contribution in [3.8, 4) is 5.75 Å². The van der Waals surface area contributed by atoms with Crippen LogP contribution in [0.25, 0.3) is 10.8 Å². The molecule has 0 saturated carbocycles. The maximum absolute atomic E-state index is 9.95. The lowest BCUT2D eigenvalue weighted by atomic mass is 10.1. The molecule has 110 valence electrons. The van der Waals surface area contributed by atoms with E-state index in [1.807, 2.05) is 18.2 Å². The van der Waals surface area contributed by atoms with E-state index in [9.17, 15) is 5.11 Å². The summed E-state index contributed by atoms with van der Waals surface area (Å²) in [5.74, 6) is 0.827. The summed E-state index contributed by atoms with van der Waals surface area (Å²) in [6, 6.07) is 20.8. The van der Waals surface area contributed by atoms with Crippen LogP contribution in [0.3, 0.4) is 0 Å². The minimum absolute atomic E-state index is 0.334. The summed E-state index contributed by atoms with van der Waals surface area (Å²) in [7, 11) is 0. The molecule has 3 aromatic rings. The lowest BCUT2D eigenvalue weighted by Crippen LogP contribution is -1.97. The van der Waals surface area contributed by atoms with E-state index in [0.29, 0.717) is 6.61 Å². The number of aryl methyl sites for hydroxylation is 1. The molecule has 1 N–H and O–H groups in total. The average molecular weight is 290 g/mol. The molecule has 0 aliphatic heterocycles. The first-order valence-corrected chi connectivity index (χ1v) is 7.71. The number of ether oxygens (including phenoxy) is 1. The van der Waals surface area contributed by atoms with Crippen molar-refractivity contribution in [3.63, 3.8) is 0 Å². The summed E-state index contributed by atoms with van der Waals surface area (Å²) in [4.78, 5) is 0. The van der Waals surface area contributed by atoms with Crippen LogP contribution in [0.2, 0.25) is 0 Å². The average Bonchev–Trinajstić information content (AvgIpc) is 2.93. The molecule has 0 spiro atoms. The highest BCUT2D eigenvalue weighted by molar-refractivity contribution is 5.82. The molecular weight excluding hydrogens is 272 g/mol. The fourth-order valence-corrected chi connectivity index (χ4v) is 3.14. The molecule has 0 heterocycles. The highest BCUT2D eigenvalue weighted by Gasteiger charge is 2.20. The zero-order valence-electron chi connectivity index (χ0n) is 12.3. The minimum Gasteiger partial charge on any atom is -0.489 e. The van der Waals surface area contributed by atoms with E-state index in [1.54, 1.807) is 0 Å². The zero-order valence-corrected chi connectivity index (χ0v) is 12.3. The van der Waals surface area contributed by atoms with Gasteiger partial charge < -0.3 is 9.84 Å². The van der Waals surface area contributed by atoms with Crippen molar-refractivity contribution in [2.45, 2.75) is 25.6 Å². The molecule has 1 aliphatic rings. The second kappa shape index (κ2) is 5.47. The molecule has 0 unspecified atom stereocenters. The third-order valence-electron chi connectivity index (χ3n) is 4.38. The molecule has 0 aromatic heterocycles. The summed E-state index contributed by atoms with van der Waals surface area (Å²) < 4.78 is 5.90. The van der Waals surface area contributed by atoms with Gasteiger partial charge in [-0.15, -0.1) is 0 Å². The summed E-state index contributed by atoms with van der Waals surface area (Å²) in [5.41, 5.74) is 3.42. The highest BCUT2D eigenvalue weighted by atomic mass is 16.5. The molecule has 0 bridgehead atoms. The van der Waals surface area contributed by atoms with Crippen molar-refractivity contribution in [1.29, 1.82) is 0 Å². The van der Waals surface area contributed by atoms with Gasteiger partial charge in [-0.3, -0.25) is 0 Å². The van der Waals surface area contributed by atoms with Gasteiger partial charge in [-0.2, -0.15) is 0 Å².